The van der Waals surface area contributed by atoms with E-state index in [1.54, 1.807) is 29.2 Å². The van der Waals surface area contributed by atoms with Crippen molar-refractivity contribution in [3.63, 3.8) is 0 Å². The van der Waals surface area contributed by atoms with Crippen LogP contribution in [0, 0.1) is 11.8 Å². The Kier molecular flexibility index (Phi) is 12.0. The van der Waals surface area contributed by atoms with E-state index in [0.29, 0.717) is 68.0 Å². The van der Waals surface area contributed by atoms with Gasteiger partial charge in [0.1, 0.15) is 5.75 Å². The Balaban J connectivity index is 1.05. The Hall–Kier alpha value is -4.62. The molecule has 6 rings (SSSR count). The fourth-order valence-corrected chi connectivity index (χ4v) is 8.25. The van der Waals surface area contributed by atoms with Gasteiger partial charge >= 0.3 is 12.1 Å². The first-order chi connectivity index (χ1) is 25.1. The zero-order chi connectivity index (χ0) is 36.8. The second-order valence-electron chi connectivity index (χ2n) is 14.6. The van der Waals surface area contributed by atoms with Crippen molar-refractivity contribution in [3.05, 3.63) is 65.7 Å². The highest BCUT2D eigenvalue weighted by Crippen LogP contribution is 2.33. The summed E-state index contributed by atoms with van der Waals surface area (Å²) in [6.45, 7) is 8.17. The van der Waals surface area contributed by atoms with Crippen LogP contribution in [0.1, 0.15) is 55.2 Å². The number of hydrogen-bond acceptors (Lipinski definition) is 8. The van der Waals surface area contributed by atoms with Gasteiger partial charge in [0, 0.05) is 63.5 Å². The van der Waals surface area contributed by atoms with Crippen molar-refractivity contribution in [3.8, 4) is 5.75 Å². The third-order valence-electron chi connectivity index (χ3n) is 11.4. The zero-order valence-electron chi connectivity index (χ0n) is 30.1. The van der Waals surface area contributed by atoms with Gasteiger partial charge in [-0.05, 0) is 99.2 Å². The maximum Gasteiger partial charge on any atom is 0.410 e. The average molecular weight is 717 g/mol. The molecule has 2 aromatic rings. The number of likely N-dealkylation sites (N-methyl/N-ethyl adjacent to an activating group) is 1. The third kappa shape index (κ3) is 8.87. The first kappa shape index (κ1) is 37.1. The number of nitrogens with one attached hydrogen (secondary N) is 1. The molecule has 2 aromatic carbocycles. The summed E-state index contributed by atoms with van der Waals surface area (Å²) >= 11 is 0. The lowest BCUT2D eigenvalue weighted by Crippen LogP contribution is -2.52. The first-order valence-corrected chi connectivity index (χ1v) is 18.6. The number of urea groups is 1. The Morgan fingerprint density at radius 2 is 1.60 bits per heavy atom. The van der Waals surface area contributed by atoms with Crippen LogP contribution in [0.4, 0.5) is 15.3 Å². The molecule has 0 saturated carbocycles. The van der Waals surface area contributed by atoms with Crippen LogP contribution in [0.2, 0.25) is 0 Å². The van der Waals surface area contributed by atoms with E-state index in [4.69, 9.17) is 4.74 Å². The number of nitrogens with zero attached hydrogens (tertiary/aromatic N) is 5. The van der Waals surface area contributed by atoms with Crippen LogP contribution in [-0.4, -0.2) is 130 Å². The average Bonchev–Trinajstić information content (AvgIpc) is 3.33. The predicted molar refractivity (Wildman–Crippen MR) is 196 cm³/mol. The summed E-state index contributed by atoms with van der Waals surface area (Å²) in [5, 5.41) is 23.3. The molecule has 3 fully saturated rings. The van der Waals surface area contributed by atoms with E-state index in [-0.39, 0.29) is 42.6 Å². The van der Waals surface area contributed by atoms with Gasteiger partial charge in [-0.25, -0.2) is 14.7 Å². The molecule has 3 N–H and O–H groups in total. The van der Waals surface area contributed by atoms with Gasteiger partial charge in [-0.2, -0.15) is 0 Å². The lowest BCUT2D eigenvalue weighted by Gasteiger charge is -2.41. The smallest absolute Gasteiger partial charge is 0.410 e. The van der Waals surface area contributed by atoms with Crippen molar-refractivity contribution in [1.82, 2.24) is 24.7 Å². The SMILES string of the molecule is C=Cc1cc(C[C@@H](OC(=O)N2CCC(N3CCc4ccccc4NC3=O)CC2)C(=O)N2CCC(C3CCN(CC(=O)N(C)O)CC3)CC2)ccc1O. The highest BCUT2D eigenvalue weighted by molar-refractivity contribution is 5.91. The maximum atomic E-state index is 14.1. The molecule has 3 saturated heterocycles. The quantitative estimate of drug-likeness (QED) is 0.255. The summed E-state index contributed by atoms with van der Waals surface area (Å²) in [4.78, 5) is 60.2. The van der Waals surface area contributed by atoms with Crippen LogP contribution in [0.5, 0.6) is 5.75 Å². The number of benzene rings is 2. The molecule has 4 aliphatic rings. The number of para-hydroxylation sites is 1. The number of amides is 5. The fourth-order valence-electron chi connectivity index (χ4n) is 8.25. The minimum absolute atomic E-state index is 0.0108. The monoisotopic (exact) mass is 716 g/mol. The van der Waals surface area contributed by atoms with Gasteiger partial charge in [-0.1, -0.05) is 36.9 Å². The highest BCUT2D eigenvalue weighted by Gasteiger charge is 2.37. The summed E-state index contributed by atoms with van der Waals surface area (Å²) < 4.78 is 6.04. The van der Waals surface area contributed by atoms with Crippen LogP contribution in [-0.2, 0) is 27.2 Å². The molecule has 0 aliphatic carbocycles. The highest BCUT2D eigenvalue weighted by atomic mass is 16.6. The largest absolute Gasteiger partial charge is 0.507 e. The predicted octanol–water partition coefficient (Wildman–Crippen LogP) is 4.44. The Labute approximate surface area is 305 Å². The second kappa shape index (κ2) is 16.8. The zero-order valence-corrected chi connectivity index (χ0v) is 30.1. The molecule has 0 bridgehead atoms. The van der Waals surface area contributed by atoms with Gasteiger partial charge < -0.3 is 29.9 Å². The summed E-state index contributed by atoms with van der Waals surface area (Å²) in [7, 11) is 1.35. The van der Waals surface area contributed by atoms with E-state index in [1.807, 2.05) is 34.1 Å². The van der Waals surface area contributed by atoms with Crippen LogP contribution in [0.3, 0.4) is 0 Å². The van der Waals surface area contributed by atoms with Gasteiger partial charge in [0.2, 0.25) is 0 Å². The number of rotatable bonds is 9. The van der Waals surface area contributed by atoms with Gasteiger partial charge in [-0.3, -0.25) is 19.7 Å². The number of hydroxylamine groups is 2. The van der Waals surface area contributed by atoms with Crippen molar-refractivity contribution in [2.45, 2.75) is 63.5 Å². The first-order valence-electron chi connectivity index (χ1n) is 18.6. The van der Waals surface area contributed by atoms with Crippen LogP contribution >= 0.6 is 0 Å². The summed E-state index contributed by atoms with van der Waals surface area (Å²) in [5.41, 5.74) is 3.24. The number of piperidine rings is 3. The number of ether oxygens (including phenoxy) is 1. The van der Waals surface area contributed by atoms with Crippen molar-refractivity contribution < 1.29 is 34.2 Å². The molecule has 13 heteroatoms. The number of anilines is 1. The molecule has 52 heavy (non-hydrogen) atoms. The minimum atomic E-state index is -1.04. The lowest BCUT2D eigenvalue weighted by molar-refractivity contribution is -0.160. The Morgan fingerprint density at radius 1 is 0.942 bits per heavy atom. The fraction of sp³-hybridized carbons (Fsp3) is 0.538. The van der Waals surface area contributed by atoms with Crippen molar-refractivity contribution in [1.29, 1.82) is 0 Å². The van der Waals surface area contributed by atoms with E-state index >= 15 is 0 Å². The van der Waals surface area contributed by atoms with Gasteiger partial charge in [-0.15, -0.1) is 0 Å². The van der Waals surface area contributed by atoms with Crippen molar-refractivity contribution in [2.24, 2.45) is 11.8 Å². The topological polar surface area (TPSA) is 146 Å². The molecular weight excluding hydrogens is 664 g/mol. The maximum absolute atomic E-state index is 14.1. The number of carbonyl (C=O) groups excluding carboxylic acids is 4. The molecule has 0 spiro atoms. The molecule has 4 heterocycles. The third-order valence-corrected chi connectivity index (χ3v) is 11.4. The number of aromatic hydroxyl groups is 1. The summed E-state index contributed by atoms with van der Waals surface area (Å²) in [6, 6.07) is 12.8. The molecule has 4 aliphatic heterocycles. The molecule has 5 amide bonds. The van der Waals surface area contributed by atoms with E-state index in [2.05, 4.69) is 16.8 Å². The number of fused-ring (bicyclic) bond motifs is 1. The lowest BCUT2D eigenvalue weighted by atomic mass is 9.78. The standard InChI is InChI=1S/C39H52N6O7/c1-3-28-24-27(8-9-34(28)46)25-35(37(48)43-19-12-30(13-20-43)29-10-17-42(18-11-29)26-36(47)41(2)51)52-39(50)44-21-15-32(16-22-44)45-23-14-31-6-4-5-7-33(31)40-38(45)49/h3-9,24,29-30,32,35,46,51H,1,10-23,25-26H2,2H3,(H,40,49)/t35-/m1/s1. The van der Waals surface area contributed by atoms with Gasteiger partial charge in [0.15, 0.2) is 6.10 Å². The molecule has 13 nitrogen and oxygen atoms in total. The van der Waals surface area contributed by atoms with Crippen LogP contribution in [0.25, 0.3) is 6.08 Å². The van der Waals surface area contributed by atoms with Crippen LogP contribution in [0.15, 0.2) is 49.0 Å². The van der Waals surface area contributed by atoms with Crippen molar-refractivity contribution in [2.75, 3.05) is 64.7 Å². The molecule has 0 aromatic heterocycles. The molecule has 1 atom stereocenters. The normalized spacial score (nSPS) is 20.0. The van der Waals surface area contributed by atoms with Gasteiger partial charge in [0.25, 0.3) is 11.8 Å². The number of likely N-dealkylation sites (tertiary alicyclic amines) is 3. The van der Waals surface area contributed by atoms with E-state index in [1.165, 1.54) is 7.05 Å². The summed E-state index contributed by atoms with van der Waals surface area (Å²) in [5.74, 6) is 0.530. The Morgan fingerprint density at radius 3 is 2.27 bits per heavy atom. The molecule has 0 radical (unpaired) electrons. The molecule has 280 valence electrons. The summed E-state index contributed by atoms with van der Waals surface area (Å²) in [6.07, 6.45) is 5.78. The van der Waals surface area contributed by atoms with E-state index < -0.39 is 12.2 Å². The minimum Gasteiger partial charge on any atom is -0.507 e. The van der Waals surface area contributed by atoms with E-state index in [9.17, 15) is 29.5 Å². The van der Waals surface area contributed by atoms with Crippen molar-refractivity contribution >= 4 is 35.7 Å². The molecule has 0 unspecified atom stereocenters. The number of hydrogen-bond donors (Lipinski definition) is 3. The Bertz CT molecular complexity index is 1610. The number of carbonyl (C=O) groups is 4. The van der Waals surface area contributed by atoms with Gasteiger partial charge in [0.05, 0.1) is 6.54 Å². The molecular formula is C39H52N6O7. The number of phenolic OH excluding ortho intramolecular Hbond substituents is 1. The number of phenols is 1. The second-order valence-corrected chi connectivity index (χ2v) is 14.6. The van der Waals surface area contributed by atoms with E-state index in [0.717, 1.165) is 62.0 Å². The van der Waals surface area contributed by atoms with Crippen LogP contribution < -0.4 is 5.32 Å².